The van der Waals surface area contributed by atoms with Crippen molar-refractivity contribution in [3.63, 3.8) is 0 Å². The average molecular weight is 259 g/mol. The highest BCUT2D eigenvalue weighted by Crippen LogP contribution is 2.21. The van der Waals surface area contributed by atoms with Crippen molar-refractivity contribution in [2.24, 2.45) is 0 Å². The van der Waals surface area contributed by atoms with Gasteiger partial charge < -0.3 is 9.88 Å². The van der Waals surface area contributed by atoms with E-state index in [2.05, 4.69) is 29.8 Å². The monoisotopic (exact) mass is 259 g/mol. The number of carbonyl (C=O) groups excluding carboxylic acids is 1. The summed E-state index contributed by atoms with van der Waals surface area (Å²) >= 11 is 0. The van der Waals surface area contributed by atoms with Crippen molar-refractivity contribution in [1.82, 2.24) is 14.9 Å². The van der Waals surface area contributed by atoms with E-state index in [0.29, 0.717) is 12.6 Å². The first-order valence-electron chi connectivity index (χ1n) is 6.80. The fraction of sp³-hybridized carbons (Fsp3) is 0.467. The summed E-state index contributed by atoms with van der Waals surface area (Å²) in [6.07, 6.45) is 1.79. The molecule has 0 spiro atoms. The van der Waals surface area contributed by atoms with Crippen LogP contribution in [0.5, 0.6) is 0 Å². The van der Waals surface area contributed by atoms with Crippen LogP contribution in [0, 0.1) is 0 Å². The largest absolute Gasteiger partial charge is 0.356 e. The Labute approximate surface area is 113 Å². The number of hydrogen-bond donors (Lipinski definition) is 1. The van der Waals surface area contributed by atoms with E-state index in [1.807, 2.05) is 18.2 Å². The van der Waals surface area contributed by atoms with Crippen LogP contribution in [0.3, 0.4) is 0 Å². The zero-order valence-corrected chi connectivity index (χ0v) is 11.8. The number of benzene rings is 1. The van der Waals surface area contributed by atoms with Crippen molar-refractivity contribution < 1.29 is 4.79 Å². The first kappa shape index (κ1) is 13.6. The fourth-order valence-electron chi connectivity index (χ4n) is 2.36. The second kappa shape index (κ2) is 5.87. The Morgan fingerprint density at radius 3 is 2.79 bits per heavy atom. The molecule has 0 aliphatic rings. The molecule has 0 fully saturated rings. The maximum atomic E-state index is 10.8. The summed E-state index contributed by atoms with van der Waals surface area (Å²) < 4.78 is 2.28. The number of aromatic nitrogens is 2. The van der Waals surface area contributed by atoms with Gasteiger partial charge in [0.15, 0.2) is 0 Å². The molecule has 4 heteroatoms. The number of rotatable bonds is 5. The van der Waals surface area contributed by atoms with E-state index in [1.54, 1.807) is 6.92 Å². The molecule has 0 saturated heterocycles. The van der Waals surface area contributed by atoms with Gasteiger partial charge in [-0.2, -0.15) is 0 Å². The molecule has 0 radical (unpaired) electrons. The molecule has 0 aliphatic carbocycles. The van der Waals surface area contributed by atoms with Crippen molar-refractivity contribution in [3.8, 4) is 0 Å². The van der Waals surface area contributed by atoms with Crippen LogP contribution in [-0.4, -0.2) is 22.0 Å². The molecule has 102 valence electrons. The van der Waals surface area contributed by atoms with Crippen LogP contribution in [0.2, 0.25) is 0 Å². The molecular weight excluding hydrogens is 238 g/mol. The Kier molecular flexibility index (Phi) is 4.20. The van der Waals surface area contributed by atoms with E-state index in [4.69, 9.17) is 4.98 Å². The van der Waals surface area contributed by atoms with Crippen LogP contribution in [0.4, 0.5) is 0 Å². The van der Waals surface area contributed by atoms with Gasteiger partial charge in [0, 0.05) is 25.9 Å². The SMILES string of the molecule is CC(=O)NCCCc1nc2ccccc2n1C(C)C. The summed E-state index contributed by atoms with van der Waals surface area (Å²) in [6.45, 7) is 6.59. The zero-order valence-electron chi connectivity index (χ0n) is 11.8. The maximum absolute atomic E-state index is 10.8. The molecule has 0 unspecified atom stereocenters. The fourth-order valence-corrected chi connectivity index (χ4v) is 2.36. The number of amides is 1. The number of carbonyl (C=O) groups is 1. The van der Waals surface area contributed by atoms with Gasteiger partial charge >= 0.3 is 0 Å². The number of nitrogens with one attached hydrogen (secondary N) is 1. The number of para-hydroxylation sites is 2. The summed E-state index contributed by atoms with van der Waals surface area (Å²) in [5, 5.41) is 2.82. The average Bonchev–Trinajstić information content (AvgIpc) is 2.72. The molecule has 4 nitrogen and oxygen atoms in total. The number of hydrogen-bond acceptors (Lipinski definition) is 2. The molecule has 0 aliphatic heterocycles. The molecular formula is C15H21N3O. The molecule has 2 aromatic rings. The van der Waals surface area contributed by atoms with Crippen molar-refractivity contribution in [2.75, 3.05) is 6.54 Å². The highest BCUT2D eigenvalue weighted by atomic mass is 16.1. The Morgan fingerprint density at radius 2 is 2.11 bits per heavy atom. The van der Waals surface area contributed by atoms with Crippen LogP contribution in [0.25, 0.3) is 11.0 Å². The summed E-state index contributed by atoms with van der Waals surface area (Å²) in [5.74, 6) is 1.12. The molecule has 19 heavy (non-hydrogen) atoms. The number of fused-ring (bicyclic) bond motifs is 1. The lowest BCUT2D eigenvalue weighted by molar-refractivity contribution is -0.118. The Balaban J connectivity index is 2.17. The van der Waals surface area contributed by atoms with Crippen molar-refractivity contribution >= 4 is 16.9 Å². The highest BCUT2D eigenvalue weighted by Gasteiger charge is 2.12. The van der Waals surface area contributed by atoms with Gasteiger partial charge in [-0.1, -0.05) is 12.1 Å². The lowest BCUT2D eigenvalue weighted by Crippen LogP contribution is -2.21. The minimum atomic E-state index is 0.0253. The highest BCUT2D eigenvalue weighted by molar-refractivity contribution is 5.76. The van der Waals surface area contributed by atoms with Gasteiger partial charge in [0.2, 0.25) is 5.91 Å². The summed E-state index contributed by atoms with van der Waals surface area (Å²) in [5.41, 5.74) is 2.23. The topological polar surface area (TPSA) is 46.9 Å². The summed E-state index contributed by atoms with van der Waals surface area (Å²) in [6, 6.07) is 8.61. The third-order valence-electron chi connectivity index (χ3n) is 3.14. The van der Waals surface area contributed by atoms with Crippen molar-refractivity contribution in [2.45, 2.75) is 39.7 Å². The molecule has 0 bridgehead atoms. The molecule has 0 saturated carbocycles. The third-order valence-corrected chi connectivity index (χ3v) is 3.14. The molecule has 1 aromatic heterocycles. The van der Waals surface area contributed by atoms with Crippen LogP contribution in [0.15, 0.2) is 24.3 Å². The summed E-state index contributed by atoms with van der Waals surface area (Å²) in [7, 11) is 0. The molecule has 1 amide bonds. The molecule has 2 rings (SSSR count). The number of nitrogens with zero attached hydrogens (tertiary/aromatic N) is 2. The van der Waals surface area contributed by atoms with Gasteiger partial charge in [0.05, 0.1) is 11.0 Å². The minimum absolute atomic E-state index is 0.0253. The lowest BCUT2D eigenvalue weighted by Gasteiger charge is -2.13. The minimum Gasteiger partial charge on any atom is -0.356 e. The second-order valence-electron chi connectivity index (χ2n) is 5.07. The second-order valence-corrected chi connectivity index (χ2v) is 5.07. The third kappa shape index (κ3) is 3.13. The smallest absolute Gasteiger partial charge is 0.216 e. The van der Waals surface area contributed by atoms with Crippen LogP contribution < -0.4 is 5.32 Å². The van der Waals surface area contributed by atoms with E-state index in [-0.39, 0.29) is 5.91 Å². The van der Waals surface area contributed by atoms with Crippen LogP contribution >= 0.6 is 0 Å². The van der Waals surface area contributed by atoms with E-state index in [0.717, 1.165) is 24.2 Å². The van der Waals surface area contributed by atoms with Gasteiger partial charge in [-0.25, -0.2) is 4.98 Å². The number of aryl methyl sites for hydroxylation is 1. The predicted octanol–water partition coefficient (Wildman–Crippen LogP) is 2.69. The van der Waals surface area contributed by atoms with Gasteiger partial charge in [0.25, 0.3) is 0 Å². The van der Waals surface area contributed by atoms with E-state index >= 15 is 0 Å². The van der Waals surface area contributed by atoms with Gasteiger partial charge in [-0.3, -0.25) is 4.79 Å². The quantitative estimate of drug-likeness (QED) is 0.839. The Bertz CT molecular complexity index is 572. The molecule has 1 N–H and O–H groups in total. The van der Waals surface area contributed by atoms with Crippen LogP contribution in [0.1, 0.15) is 39.1 Å². The first-order chi connectivity index (χ1) is 9.09. The Morgan fingerprint density at radius 1 is 1.37 bits per heavy atom. The molecule has 0 atom stereocenters. The van der Waals surface area contributed by atoms with E-state index in [9.17, 15) is 4.79 Å². The first-order valence-corrected chi connectivity index (χ1v) is 6.80. The maximum Gasteiger partial charge on any atom is 0.216 e. The Hall–Kier alpha value is -1.84. The lowest BCUT2D eigenvalue weighted by atomic mass is 10.2. The number of imidazole rings is 1. The molecule has 1 heterocycles. The normalized spacial score (nSPS) is 11.2. The van der Waals surface area contributed by atoms with E-state index in [1.165, 1.54) is 5.52 Å². The predicted molar refractivity (Wildman–Crippen MR) is 77.1 cm³/mol. The summed E-state index contributed by atoms with van der Waals surface area (Å²) in [4.78, 5) is 15.5. The van der Waals surface area contributed by atoms with E-state index < -0.39 is 0 Å². The van der Waals surface area contributed by atoms with Gasteiger partial charge in [-0.05, 0) is 32.4 Å². The standard InChI is InChI=1S/C15H21N3O/c1-11(2)18-14-8-5-4-7-13(14)17-15(18)9-6-10-16-12(3)19/h4-5,7-8,11H,6,9-10H2,1-3H3,(H,16,19). The molecule has 1 aromatic carbocycles. The van der Waals surface area contributed by atoms with Crippen LogP contribution in [-0.2, 0) is 11.2 Å². The van der Waals surface area contributed by atoms with Gasteiger partial charge in [0.1, 0.15) is 5.82 Å². The van der Waals surface area contributed by atoms with Crippen molar-refractivity contribution in [3.05, 3.63) is 30.1 Å². The van der Waals surface area contributed by atoms with Crippen molar-refractivity contribution in [1.29, 1.82) is 0 Å². The van der Waals surface area contributed by atoms with Gasteiger partial charge in [-0.15, -0.1) is 0 Å². The zero-order chi connectivity index (χ0) is 13.8.